The second kappa shape index (κ2) is 15.8. The fourth-order valence-electron chi connectivity index (χ4n) is 4.92. The molecule has 2 heterocycles. The molecule has 0 radical (unpaired) electrons. The Morgan fingerprint density at radius 2 is 1.67 bits per heavy atom. The van der Waals surface area contributed by atoms with E-state index in [0.717, 1.165) is 80.9 Å². The predicted molar refractivity (Wildman–Crippen MR) is 169 cm³/mol. The van der Waals surface area contributed by atoms with Crippen LogP contribution in [0, 0.1) is 0 Å². The molecule has 1 aliphatic heterocycles. The van der Waals surface area contributed by atoms with Crippen LogP contribution in [0.15, 0.2) is 47.4 Å². The van der Waals surface area contributed by atoms with Crippen molar-refractivity contribution in [3.63, 3.8) is 0 Å². The van der Waals surface area contributed by atoms with E-state index in [0.29, 0.717) is 36.9 Å². The van der Waals surface area contributed by atoms with Gasteiger partial charge in [0.1, 0.15) is 5.75 Å². The number of thiazole rings is 1. The molecule has 9 nitrogen and oxygen atoms in total. The molecule has 11 heteroatoms. The minimum atomic E-state index is -3.64. The van der Waals surface area contributed by atoms with E-state index in [9.17, 15) is 13.2 Å². The van der Waals surface area contributed by atoms with Crippen LogP contribution in [-0.2, 0) is 14.8 Å². The van der Waals surface area contributed by atoms with Gasteiger partial charge in [-0.1, -0.05) is 38.0 Å². The van der Waals surface area contributed by atoms with Crippen LogP contribution in [0.4, 0.5) is 5.13 Å². The highest BCUT2D eigenvalue weighted by Crippen LogP contribution is 2.32. The van der Waals surface area contributed by atoms with Gasteiger partial charge in [-0.15, -0.1) is 0 Å². The summed E-state index contributed by atoms with van der Waals surface area (Å²) in [5.41, 5.74) is 1.24. The molecule has 3 aromatic rings. The number of benzene rings is 2. The number of fused-ring (bicyclic) bond motifs is 1. The van der Waals surface area contributed by atoms with Crippen molar-refractivity contribution < 1.29 is 22.7 Å². The fraction of sp³-hybridized carbons (Fsp3) is 0.548. The van der Waals surface area contributed by atoms with Crippen LogP contribution in [0.25, 0.3) is 10.2 Å². The largest absolute Gasteiger partial charge is 0.494 e. The van der Waals surface area contributed by atoms with Gasteiger partial charge in [-0.05, 0) is 68.7 Å². The Morgan fingerprint density at radius 3 is 2.31 bits per heavy atom. The lowest BCUT2D eigenvalue weighted by Gasteiger charge is -2.27. The second-order valence-electron chi connectivity index (χ2n) is 10.5. The van der Waals surface area contributed by atoms with Crippen molar-refractivity contribution in [3.8, 4) is 5.75 Å². The number of ether oxygens (including phenoxy) is 2. The van der Waals surface area contributed by atoms with Gasteiger partial charge in [-0.25, -0.2) is 13.4 Å². The van der Waals surface area contributed by atoms with E-state index in [1.807, 2.05) is 25.1 Å². The fourth-order valence-corrected chi connectivity index (χ4v) is 7.46. The lowest BCUT2D eigenvalue weighted by Crippen LogP contribution is -2.39. The first-order valence-corrected chi connectivity index (χ1v) is 17.4. The summed E-state index contributed by atoms with van der Waals surface area (Å²) >= 11 is 1.46. The zero-order chi connectivity index (χ0) is 30.0. The quantitative estimate of drug-likeness (QED) is 0.205. The Labute approximate surface area is 254 Å². The van der Waals surface area contributed by atoms with Gasteiger partial charge in [-0.3, -0.25) is 14.6 Å². The molecule has 0 aliphatic carbocycles. The molecule has 0 spiro atoms. The van der Waals surface area contributed by atoms with Crippen molar-refractivity contribution in [2.75, 3.05) is 64.0 Å². The maximum Gasteiger partial charge on any atom is 0.260 e. The average molecular weight is 617 g/mol. The lowest BCUT2D eigenvalue weighted by atomic mass is 10.2. The second-order valence-corrected chi connectivity index (χ2v) is 13.4. The third-order valence-corrected chi connectivity index (χ3v) is 10.3. The van der Waals surface area contributed by atoms with Crippen LogP contribution in [-0.4, -0.2) is 87.6 Å². The monoisotopic (exact) mass is 616 g/mol. The van der Waals surface area contributed by atoms with E-state index in [1.54, 1.807) is 33.5 Å². The first-order valence-electron chi connectivity index (χ1n) is 15.1. The maximum atomic E-state index is 13.9. The van der Waals surface area contributed by atoms with Gasteiger partial charge in [0.25, 0.3) is 5.91 Å². The first kappa shape index (κ1) is 32.3. The van der Waals surface area contributed by atoms with Gasteiger partial charge >= 0.3 is 0 Å². The molecule has 1 fully saturated rings. The molecular weight excluding hydrogens is 572 g/mol. The number of hydrogen-bond acceptors (Lipinski definition) is 8. The molecule has 0 bridgehead atoms. The van der Waals surface area contributed by atoms with Crippen molar-refractivity contribution in [2.45, 2.75) is 57.8 Å². The van der Waals surface area contributed by atoms with Gasteiger partial charge < -0.3 is 9.47 Å². The average Bonchev–Trinajstić information content (AvgIpc) is 3.43. The van der Waals surface area contributed by atoms with Crippen molar-refractivity contribution in [1.29, 1.82) is 0 Å². The van der Waals surface area contributed by atoms with Crippen LogP contribution < -0.4 is 9.64 Å². The van der Waals surface area contributed by atoms with E-state index in [1.165, 1.54) is 11.3 Å². The van der Waals surface area contributed by atoms with Gasteiger partial charge in [-0.2, -0.15) is 4.31 Å². The molecule has 0 unspecified atom stereocenters. The van der Waals surface area contributed by atoms with Gasteiger partial charge in [0.15, 0.2) is 5.13 Å². The molecule has 2 aromatic carbocycles. The summed E-state index contributed by atoms with van der Waals surface area (Å²) in [5, 5.41) is 0.618. The summed E-state index contributed by atoms with van der Waals surface area (Å²) in [7, 11) is -3.64. The number of rotatable bonds is 16. The summed E-state index contributed by atoms with van der Waals surface area (Å²) in [6.45, 7) is 12.2. The van der Waals surface area contributed by atoms with E-state index in [2.05, 4.69) is 18.7 Å². The topological polar surface area (TPSA) is 92.3 Å². The molecule has 0 atom stereocenters. The lowest BCUT2D eigenvalue weighted by molar-refractivity contribution is 0.0376. The number of nitrogens with zero attached hydrogens (tertiary/aromatic N) is 4. The Morgan fingerprint density at radius 1 is 0.976 bits per heavy atom. The van der Waals surface area contributed by atoms with Gasteiger partial charge in [0.2, 0.25) is 10.0 Å². The highest BCUT2D eigenvalue weighted by Gasteiger charge is 2.26. The molecule has 0 saturated carbocycles. The van der Waals surface area contributed by atoms with Crippen LogP contribution >= 0.6 is 11.3 Å². The number of amides is 1. The molecular formula is C31H44N4O5S2. The number of carbonyl (C=O) groups is 1. The maximum absolute atomic E-state index is 13.9. The summed E-state index contributed by atoms with van der Waals surface area (Å²) in [5.74, 6) is 0.577. The van der Waals surface area contributed by atoms with Crippen LogP contribution in [0.2, 0.25) is 0 Å². The standard InChI is InChI=1S/C31H44N4O5S2/c1-4-7-17-34(18-8-5-2)42(37,38)27-13-10-25(11-14-27)30(36)35(19-9-16-33-20-22-39-23-21-33)31-32-28-15-12-26(40-6-3)24-29(28)41-31/h10-15,24H,4-9,16-23H2,1-3H3. The van der Waals surface area contributed by atoms with Gasteiger partial charge in [0.05, 0.1) is 34.9 Å². The summed E-state index contributed by atoms with van der Waals surface area (Å²) in [4.78, 5) is 23.0. The Hall–Kier alpha value is -2.57. The van der Waals surface area contributed by atoms with Gasteiger partial charge in [0, 0.05) is 44.8 Å². The molecule has 1 aliphatic rings. The van der Waals surface area contributed by atoms with E-state index >= 15 is 0 Å². The smallest absolute Gasteiger partial charge is 0.260 e. The summed E-state index contributed by atoms with van der Waals surface area (Å²) < 4.78 is 40.5. The molecule has 4 rings (SSSR count). The van der Waals surface area contributed by atoms with Crippen LogP contribution in [0.5, 0.6) is 5.75 Å². The first-order chi connectivity index (χ1) is 20.4. The molecule has 1 amide bonds. The molecule has 1 aromatic heterocycles. The van der Waals surface area contributed by atoms with Crippen molar-refractivity contribution in [1.82, 2.24) is 14.2 Å². The number of unbranched alkanes of at least 4 members (excludes halogenated alkanes) is 2. The highest BCUT2D eigenvalue weighted by atomic mass is 32.2. The third-order valence-electron chi connectivity index (χ3n) is 7.36. The predicted octanol–water partition coefficient (Wildman–Crippen LogP) is 5.66. The number of carbonyl (C=O) groups excluding carboxylic acids is 1. The Bertz CT molecular complexity index is 1380. The SMILES string of the molecule is CCCCN(CCCC)S(=O)(=O)c1ccc(C(=O)N(CCCN2CCOCC2)c2nc3ccc(OCC)cc3s2)cc1. The Balaban J connectivity index is 1.57. The number of aromatic nitrogens is 1. The van der Waals surface area contributed by atoms with Crippen LogP contribution in [0.3, 0.4) is 0 Å². The van der Waals surface area contributed by atoms with E-state index in [-0.39, 0.29) is 10.8 Å². The number of hydrogen-bond donors (Lipinski definition) is 0. The minimum absolute atomic E-state index is 0.196. The normalized spacial score (nSPS) is 14.5. The number of sulfonamides is 1. The molecule has 1 saturated heterocycles. The van der Waals surface area contributed by atoms with Crippen LogP contribution in [0.1, 0.15) is 63.2 Å². The van der Waals surface area contributed by atoms with E-state index in [4.69, 9.17) is 14.5 Å². The molecule has 42 heavy (non-hydrogen) atoms. The number of anilines is 1. The van der Waals surface area contributed by atoms with E-state index < -0.39 is 10.0 Å². The zero-order valence-corrected chi connectivity index (χ0v) is 26.7. The highest BCUT2D eigenvalue weighted by molar-refractivity contribution is 7.89. The molecule has 0 N–H and O–H groups in total. The number of morpholine rings is 1. The Kier molecular flexibility index (Phi) is 12.1. The van der Waals surface area contributed by atoms with Crippen molar-refractivity contribution in [2.24, 2.45) is 0 Å². The van der Waals surface area contributed by atoms with Crippen molar-refractivity contribution >= 4 is 42.6 Å². The summed E-state index contributed by atoms with van der Waals surface area (Å²) in [6.07, 6.45) is 4.25. The minimum Gasteiger partial charge on any atom is -0.494 e. The third kappa shape index (κ3) is 8.29. The van der Waals surface area contributed by atoms with Crippen molar-refractivity contribution in [3.05, 3.63) is 48.0 Å². The summed E-state index contributed by atoms with van der Waals surface area (Å²) in [6, 6.07) is 12.1. The zero-order valence-electron chi connectivity index (χ0n) is 25.1. The molecule has 230 valence electrons.